The maximum atomic E-state index is 12.3. The molecule has 13 nitrogen and oxygen atoms in total. The minimum atomic E-state index is -1.10. The zero-order valence-electron chi connectivity index (χ0n) is 17.8. The molecular formula is C20H23N3O10. The summed E-state index contributed by atoms with van der Waals surface area (Å²) in [5, 5.41) is 20.8. The van der Waals surface area contributed by atoms with Crippen LogP contribution in [0.25, 0.3) is 0 Å². The summed E-state index contributed by atoms with van der Waals surface area (Å²) in [6, 6.07) is 5.89. The van der Waals surface area contributed by atoms with Gasteiger partial charge in [-0.25, -0.2) is 9.59 Å². The molecule has 0 saturated carbocycles. The van der Waals surface area contributed by atoms with Crippen molar-refractivity contribution in [1.29, 1.82) is 0 Å². The van der Waals surface area contributed by atoms with Crippen molar-refractivity contribution in [2.24, 2.45) is 0 Å². The molecule has 2 aromatic rings. The highest BCUT2D eigenvalue weighted by Gasteiger charge is 2.39. The van der Waals surface area contributed by atoms with Crippen LogP contribution >= 0.6 is 0 Å². The number of aromatic amines is 1. The van der Waals surface area contributed by atoms with Crippen molar-refractivity contribution in [2.45, 2.75) is 37.9 Å². The van der Waals surface area contributed by atoms with Gasteiger partial charge in [-0.15, -0.1) is 0 Å². The molecule has 4 atom stereocenters. The number of nitro benzene ring substituents is 1. The van der Waals surface area contributed by atoms with Gasteiger partial charge in [0.1, 0.15) is 31.1 Å². The lowest BCUT2D eigenvalue weighted by atomic mass is 10.1. The molecule has 178 valence electrons. The summed E-state index contributed by atoms with van der Waals surface area (Å²) < 4.78 is 22.3. The SMILES string of the molecule is COC(COC(=O)O[C@H]1C[C@H](n2cc(C)c(=O)[nH]c2=O)O[C@@H]1CO)c1ccccc1[N+](=O)[O-]. The number of H-pyrrole nitrogens is 1. The molecule has 1 saturated heterocycles. The Labute approximate surface area is 186 Å². The number of nitrogens with one attached hydrogen (secondary N) is 1. The highest BCUT2D eigenvalue weighted by Crippen LogP contribution is 2.31. The summed E-state index contributed by atoms with van der Waals surface area (Å²) in [6.45, 7) is 0.657. The number of rotatable bonds is 8. The Morgan fingerprint density at radius 1 is 1.39 bits per heavy atom. The molecule has 0 radical (unpaired) electrons. The average Bonchev–Trinajstić information content (AvgIpc) is 3.19. The van der Waals surface area contributed by atoms with E-state index in [0.717, 1.165) is 4.57 Å². The van der Waals surface area contributed by atoms with Gasteiger partial charge in [-0.05, 0) is 13.0 Å². The van der Waals surface area contributed by atoms with E-state index in [9.17, 15) is 29.6 Å². The van der Waals surface area contributed by atoms with E-state index in [0.29, 0.717) is 0 Å². The van der Waals surface area contributed by atoms with Gasteiger partial charge < -0.3 is 24.1 Å². The zero-order chi connectivity index (χ0) is 24.1. The lowest BCUT2D eigenvalue weighted by molar-refractivity contribution is -0.386. The van der Waals surface area contributed by atoms with Crippen LogP contribution in [0.2, 0.25) is 0 Å². The molecule has 0 bridgehead atoms. The van der Waals surface area contributed by atoms with E-state index in [1.54, 1.807) is 6.07 Å². The van der Waals surface area contributed by atoms with Crippen LogP contribution in [0.4, 0.5) is 10.5 Å². The minimum absolute atomic E-state index is 0.0174. The van der Waals surface area contributed by atoms with Gasteiger partial charge in [-0.1, -0.05) is 12.1 Å². The molecule has 13 heteroatoms. The number of aryl methyl sites for hydroxylation is 1. The zero-order valence-corrected chi connectivity index (χ0v) is 17.8. The molecule has 1 unspecified atom stereocenters. The fourth-order valence-corrected chi connectivity index (χ4v) is 3.47. The Hall–Kier alpha value is -3.55. The Morgan fingerprint density at radius 3 is 2.79 bits per heavy atom. The molecule has 1 aliphatic heterocycles. The van der Waals surface area contributed by atoms with Crippen LogP contribution in [0.5, 0.6) is 0 Å². The number of methoxy groups -OCH3 is 1. The topological polar surface area (TPSA) is 172 Å². The fraction of sp³-hybridized carbons (Fsp3) is 0.450. The van der Waals surface area contributed by atoms with Gasteiger partial charge in [-0.3, -0.25) is 24.5 Å². The van der Waals surface area contributed by atoms with Crippen molar-refractivity contribution in [3.05, 3.63) is 72.5 Å². The van der Waals surface area contributed by atoms with Crippen molar-refractivity contribution >= 4 is 11.8 Å². The normalized spacial score (nSPS) is 20.9. The van der Waals surface area contributed by atoms with Crippen LogP contribution < -0.4 is 11.2 Å². The maximum Gasteiger partial charge on any atom is 0.508 e. The van der Waals surface area contributed by atoms with Crippen molar-refractivity contribution in [3.8, 4) is 0 Å². The molecule has 1 fully saturated rings. The van der Waals surface area contributed by atoms with Crippen LogP contribution in [-0.4, -0.2) is 58.3 Å². The van der Waals surface area contributed by atoms with E-state index in [2.05, 4.69) is 4.98 Å². The second-order valence-electron chi connectivity index (χ2n) is 7.28. The third-order valence-electron chi connectivity index (χ3n) is 5.18. The van der Waals surface area contributed by atoms with Crippen molar-refractivity contribution in [1.82, 2.24) is 9.55 Å². The summed E-state index contributed by atoms with van der Waals surface area (Å²) in [6.07, 6.45) is -3.45. The van der Waals surface area contributed by atoms with Gasteiger partial charge in [0, 0.05) is 31.4 Å². The predicted octanol–water partition coefficient (Wildman–Crippen LogP) is 0.943. The van der Waals surface area contributed by atoms with Crippen LogP contribution in [0.15, 0.2) is 40.1 Å². The maximum absolute atomic E-state index is 12.3. The van der Waals surface area contributed by atoms with E-state index in [-0.39, 0.29) is 29.8 Å². The number of benzene rings is 1. The van der Waals surface area contributed by atoms with E-state index in [4.69, 9.17) is 18.9 Å². The molecule has 0 spiro atoms. The summed E-state index contributed by atoms with van der Waals surface area (Å²) in [7, 11) is 1.32. The molecule has 0 amide bonds. The molecule has 33 heavy (non-hydrogen) atoms. The fourth-order valence-electron chi connectivity index (χ4n) is 3.47. The lowest BCUT2D eigenvalue weighted by Gasteiger charge is -2.18. The molecule has 0 aliphatic carbocycles. The van der Waals surface area contributed by atoms with Gasteiger partial charge >= 0.3 is 11.8 Å². The third kappa shape index (κ3) is 5.45. The quantitative estimate of drug-likeness (QED) is 0.325. The highest BCUT2D eigenvalue weighted by atomic mass is 16.7. The van der Waals surface area contributed by atoms with Crippen LogP contribution in [0.1, 0.15) is 29.9 Å². The minimum Gasteiger partial charge on any atom is -0.431 e. The first-order valence-electron chi connectivity index (χ1n) is 9.93. The van der Waals surface area contributed by atoms with Crippen LogP contribution in [0.3, 0.4) is 0 Å². The predicted molar refractivity (Wildman–Crippen MR) is 111 cm³/mol. The second kappa shape index (κ2) is 10.4. The smallest absolute Gasteiger partial charge is 0.431 e. The number of ether oxygens (including phenoxy) is 4. The van der Waals surface area contributed by atoms with Gasteiger partial charge in [0.25, 0.3) is 11.2 Å². The summed E-state index contributed by atoms with van der Waals surface area (Å²) in [4.78, 5) is 48.7. The number of aliphatic hydroxyl groups excluding tert-OH is 1. The third-order valence-corrected chi connectivity index (χ3v) is 5.18. The lowest BCUT2D eigenvalue weighted by Crippen LogP contribution is -2.33. The molecular weight excluding hydrogens is 442 g/mol. The van der Waals surface area contributed by atoms with Gasteiger partial charge in [0.15, 0.2) is 0 Å². The van der Waals surface area contributed by atoms with Gasteiger partial charge in [0.2, 0.25) is 0 Å². The van der Waals surface area contributed by atoms with E-state index in [1.165, 1.54) is 38.4 Å². The number of nitro groups is 1. The Morgan fingerprint density at radius 2 is 2.12 bits per heavy atom. The van der Waals surface area contributed by atoms with Gasteiger partial charge in [0.05, 0.1) is 17.1 Å². The Balaban J connectivity index is 1.65. The highest BCUT2D eigenvalue weighted by molar-refractivity contribution is 5.60. The molecule has 1 aromatic carbocycles. The summed E-state index contributed by atoms with van der Waals surface area (Å²) in [5.41, 5.74) is -0.917. The molecule has 2 heterocycles. The molecule has 1 aliphatic rings. The molecule has 1 aromatic heterocycles. The number of carbonyl (C=O) groups excluding carboxylic acids is 1. The van der Waals surface area contributed by atoms with E-state index < -0.39 is 53.5 Å². The summed E-state index contributed by atoms with van der Waals surface area (Å²) in [5.74, 6) is 0. The molecule has 2 N–H and O–H groups in total. The average molecular weight is 465 g/mol. The monoisotopic (exact) mass is 465 g/mol. The standard InChI is InChI=1S/C20H23N3O10/c1-11-8-22(19(26)21-18(11)25)17-7-14(15(9-24)32-17)33-20(27)31-10-16(30-2)12-5-3-4-6-13(12)23(28)29/h3-6,8,14-17,24H,7,9-10H2,1-2H3,(H,21,25,26)/t14-,15+,16?,17+/m0/s1. The Kier molecular flexibility index (Phi) is 7.58. The first-order chi connectivity index (χ1) is 15.7. The molecule has 3 rings (SSSR count). The number of aromatic nitrogens is 2. The van der Waals surface area contributed by atoms with Crippen molar-refractivity contribution in [3.63, 3.8) is 0 Å². The number of aliphatic hydroxyl groups is 1. The Bertz CT molecular complexity index is 1130. The first kappa shape index (κ1) is 24.1. The van der Waals surface area contributed by atoms with Crippen molar-refractivity contribution < 1.29 is 33.8 Å². The van der Waals surface area contributed by atoms with E-state index in [1.807, 2.05) is 0 Å². The second-order valence-corrected chi connectivity index (χ2v) is 7.28. The van der Waals surface area contributed by atoms with Gasteiger partial charge in [-0.2, -0.15) is 0 Å². The van der Waals surface area contributed by atoms with Crippen molar-refractivity contribution in [2.75, 3.05) is 20.3 Å². The number of para-hydroxylation sites is 1. The number of nitrogens with zero attached hydrogens (tertiary/aromatic N) is 2. The first-order valence-corrected chi connectivity index (χ1v) is 9.93. The number of carbonyl (C=O) groups is 1. The number of hydrogen-bond acceptors (Lipinski definition) is 10. The largest absolute Gasteiger partial charge is 0.508 e. The van der Waals surface area contributed by atoms with Crippen LogP contribution in [0, 0.1) is 17.0 Å². The number of hydrogen-bond donors (Lipinski definition) is 2. The summed E-state index contributed by atoms with van der Waals surface area (Å²) >= 11 is 0. The van der Waals surface area contributed by atoms with Crippen LogP contribution in [-0.2, 0) is 18.9 Å². The van der Waals surface area contributed by atoms with E-state index >= 15 is 0 Å².